The first-order chi connectivity index (χ1) is 32.7. The van der Waals surface area contributed by atoms with Crippen LogP contribution in [0, 0.1) is 0 Å². The number of hydrogen-bond donors (Lipinski definition) is 0. The first-order valence-corrected chi connectivity index (χ1v) is 25.6. The van der Waals surface area contributed by atoms with Gasteiger partial charge in [0.25, 0.3) is 35.8 Å². The molecule has 0 aromatic heterocycles. The molecule has 420 valence electrons. The largest absolute Gasteiger partial charge is 0.331 e. The van der Waals surface area contributed by atoms with Gasteiger partial charge in [0, 0.05) is 137 Å². The topological polar surface area (TPSA) is 183 Å². The maximum absolute atomic E-state index is 17.7. The Balaban J connectivity index is 10.1. The summed E-state index contributed by atoms with van der Waals surface area (Å²) in [5.41, 5.74) is -5.13. The van der Waals surface area contributed by atoms with Crippen LogP contribution >= 0.6 is 0 Å². The third kappa shape index (κ3) is 19.3. The lowest BCUT2D eigenvalue weighted by molar-refractivity contribution is -0.537. The van der Waals surface area contributed by atoms with Crippen LogP contribution in [0.2, 0.25) is 0 Å². The highest BCUT2D eigenvalue weighted by Gasteiger charge is 2.74. The second kappa shape index (κ2) is 31.7. The van der Waals surface area contributed by atoms with Crippen LogP contribution < -0.4 is 0 Å². The quantitative estimate of drug-likeness (QED) is 0.0414. The van der Waals surface area contributed by atoms with Crippen molar-refractivity contribution < 1.29 is 90.1 Å². The van der Waals surface area contributed by atoms with Crippen molar-refractivity contribution in [1.82, 2.24) is 0 Å². The van der Waals surface area contributed by atoms with Crippen LogP contribution in [-0.4, -0.2) is 147 Å². The molecule has 0 aromatic rings. The molecule has 0 amide bonds. The molecule has 8 unspecified atom stereocenters. The molecule has 0 saturated heterocycles. The van der Waals surface area contributed by atoms with Crippen molar-refractivity contribution in [2.45, 2.75) is 246 Å². The molecule has 0 aliphatic heterocycles. The van der Waals surface area contributed by atoms with E-state index < -0.39 is 64.4 Å². The Kier molecular flexibility index (Phi) is 31.3. The maximum Gasteiger partial charge on any atom is 0.282 e. The Labute approximate surface area is 423 Å². The van der Waals surface area contributed by atoms with Crippen LogP contribution in [0.4, 0.5) is 0 Å². The van der Waals surface area contributed by atoms with Crippen LogP contribution in [0.25, 0.3) is 0 Å². The van der Waals surface area contributed by atoms with E-state index in [1.54, 1.807) is 69.2 Å². The average Bonchev–Trinajstić information content (AvgIpc) is 3.31. The summed E-state index contributed by atoms with van der Waals surface area (Å²) < 4.78 is 117. The van der Waals surface area contributed by atoms with Crippen LogP contribution in [0.1, 0.15) is 188 Å². The molecular formula is C51H102O19. The second-order valence-corrected chi connectivity index (χ2v) is 17.8. The highest BCUT2D eigenvalue weighted by molar-refractivity contribution is 5.96. The summed E-state index contributed by atoms with van der Waals surface area (Å²) in [5, 5.41) is 0. The summed E-state index contributed by atoms with van der Waals surface area (Å²) in [6.45, 7) is 27.6. The van der Waals surface area contributed by atoms with Crippen LogP contribution in [0.15, 0.2) is 0 Å². The van der Waals surface area contributed by atoms with Gasteiger partial charge in [0.15, 0.2) is 11.2 Å². The lowest BCUT2D eigenvalue weighted by Gasteiger charge is -2.58. The molecule has 0 aliphatic carbocycles. The van der Waals surface area contributed by atoms with Gasteiger partial charge in [-0.05, 0) is 68.2 Å². The molecule has 8 atom stereocenters. The highest BCUT2D eigenvalue weighted by atomic mass is 17.0. The van der Waals surface area contributed by atoms with Crippen molar-refractivity contribution in [2.24, 2.45) is 0 Å². The molecule has 70 heavy (non-hydrogen) atoms. The van der Waals surface area contributed by atoms with Gasteiger partial charge in [-0.25, -0.2) is 0 Å². The second-order valence-electron chi connectivity index (χ2n) is 17.8. The Morgan fingerprint density at radius 2 is 0.500 bits per heavy atom. The molecule has 0 aliphatic rings. The maximum atomic E-state index is 17.7. The molecule has 0 radical (unpaired) electrons. The number of rotatable bonds is 46. The van der Waals surface area contributed by atoms with E-state index in [1.165, 1.54) is 70.4 Å². The van der Waals surface area contributed by atoms with Gasteiger partial charge >= 0.3 is 0 Å². The molecule has 19 heteroatoms. The van der Waals surface area contributed by atoms with E-state index in [2.05, 4.69) is 13.8 Å². The number of unbranched alkanes of at least 4 members (excludes halogenated alkanes) is 8. The number of Topliss-reactive ketones (excluding diaryl/α,β-unsaturated/α-hetero) is 1. The Morgan fingerprint density at radius 1 is 0.300 bits per heavy atom. The summed E-state index contributed by atoms with van der Waals surface area (Å²) in [5.74, 6) is -17.6. The number of carbonyl (C=O) groups excluding carboxylic acids is 1. The van der Waals surface area contributed by atoms with Gasteiger partial charge < -0.3 is 66.3 Å². The van der Waals surface area contributed by atoms with Crippen LogP contribution in [0.5, 0.6) is 0 Å². The third-order valence-electron chi connectivity index (χ3n) is 12.4. The lowest BCUT2D eigenvalue weighted by Crippen LogP contribution is -2.78. The first kappa shape index (κ1) is 69.0. The van der Waals surface area contributed by atoms with E-state index in [9.17, 15) is 0 Å². The van der Waals surface area contributed by atoms with E-state index in [0.29, 0.717) is 25.7 Å². The fourth-order valence-electron chi connectivity index (χ4n) is 8.38. The van der Waals surface area contributed by atoms with Gasteiger partial charge in [0.1, 0.15) is 0 Å². The van der Waals surface area contributed by atoms with E-state index in [0.717, 1.165) is 38.5 Å². The predicted octanol–water partition coefficient (Wildman–Crippen LogP) is 10.4. The van der Waals surface area contributed by atoms with E-state index in [1.807, 2.05) is 0 Å². The SMILES string of the molecule is CCCCCCCC(OC(C)(OC)OCC)(OC(C)(OC)OCC)C(C)(OC(C)(OC)OCC)C(=O)C(C)(OC(C)(OC)OCC)C(CCCCCCC)(OC(C)(OC)OCC)OC(C)(OC)OCC. The minimum Gasteiger partial charge on any atom is -0.331 e. The summed E-state index contributed by atoms with van der Waals surface area (Å²) >= 11 is 0. The number of ether oxygens (including phenoxy) is 18. The van der Waals surface area contributed by atoms with Gasteiger partial charge in [0.05, 0.1) is 0 Å². The van der Waals surface area contributed by atoms with Crippen molar-refractivity contribution in [3.63, 3.8) is 0 Å². The summed E-state index contributed by atoms with van der Waals surface area (Å²) in [4.78, 5) is 17.7. The zero-order valence-electron chi connectivity index (χ0n) is 48.0. The molecule has 0 heterocycles. The summed E-state index contributed by atoms with van der Waals surface area (Å²) in [7, 11) is 8.38. The smallest absolute Gasteiger partial charge is 0.282 e. The Hall–Kier alpha value is -1.05. The fraction of sp³-hybridized carbons (Fsp3) is 0.980. The molecule has 0 rings (SSSR count). The molecule has 19 nitrogen and oxygen atoms in total. The van der Waals surface area contributed by atoms with E-state index >= 15 is 4.79 Å². The Morgan fingerprint density at radius 3 is 0.686 bits per heavy atom. The molecule has 0 spiro atoms. The van der Waals surface area contributed by atoms with Gasteiger partial charge in [-0.3, -0.25) is 23.7 Å². The van der Waals surface area contributed by atoms with E-state index in [-0.39, 0.29) is 52.5 Å². The van der Waals surface area contributed by atoms with Crippen molar-refractivity contribution >= 4 is 5.78 Å². The molecule has 0 bridgehead atoms. The lowest BCUT2D eigenvalue weighted by atomic mass is 9.73. The monoisotopic (exact) mass is 1020 g/mol. The van der Waals surface area contributed by atoms with Gasteiger partial charge in [0.2, 0.25) is 17.4 Å². The molecule has 0 saturated carbocycles. The standard InChI is InChI=1S/C51H102O19/c1-23-31-33-35-37-39-50(67-46(13,55-19)61-27-5,68-47(14,56-20)62-28-6)42(9,65-44(11,53-17)59-25-3)41(52)43(10,66-45(12,54-18)60-26-4)51(40-38-36-34-32-24-2,69-48(15,57-21)63-29-7)70-49(16,58-22)64-30-8/h23-40H2,1-22H3. The average molecular weight is 1020 g/mol. The zero-order valence-corrected chi connectivity index (χ0v) is 48.0. The number of ketones is 1. The minimum atomic E-state index is -2.56. The Bertz CT molecular complexity index is 1270. The summed E-state index contributed by atoms with van der Waals surface area (Å²) in [6.07, 6.45) is 7.45. The number of methoxy groups -OCH3 is 6. The minimum absolute atomic E-state index is 0.0681. The van der Waals surface area contributed by atoms with Gasteiger partial charge in [-0.1, -0.05) is 65.2 Å². The molecule has 0 fully saturated rings. The highest BCUT2D eigenvalue weighted by Crippen LogP contribution is 2.53. The van der Waals surface area contributed by atoms with Crippen LogP contribution in [0.3, 0.4) is 0 Å². The summed E-state index contributed by atoms with van der Waals surface area (Å²) in [6, 6.07) is 0. The predicted molar refractivity (Wildman–Crippen MR) is 263 cm³/mol. The van der Waals surface area contributed by atoms with Gasteiger partial charge in [-0.2, -0.15) is 0 Å². The van der Waals surface area contributed by atoms with Gasteiger partial charge in [-0.15, -0.1) is 0 Å². The van der Waals surface area contributed by atoms with Crippen molar-refractivity contribution in [3.8, 4) is 0 Å². The fourth-order valence-corrected chi connectivity index (χ4v) is 8.38. The number of carbonyl (C=O) groups is 1. The van der Waals surface area contributed by atoms with Crippen molar-refractivity contribution in [2.75, 3.05) is 82.3 Å². The zero-order chi connectivity index (χ0) is 54.0. The normalized spacial score (nSPS) is 21.1. The van der Waals surface area contributed by atoms with Crippen molar-refractivity contribution in [1.29, 1.82) is 0 Å². The third-order valence-corrected chi connectivity index (χ3v) is 12.4. The molecule has 0 aromatic carbocycles. The molecular weight excluding hydrogens is 917 g/mol. The number of hydrogen-bond acceptors (Lipinski definition) is 19. The van der Waals surface area contributed by atoms with Crippen molar-refractivity contribution in [3.05, 3.63) is 0 Å². The first-order valence-electron chi connectivity index (χ1n) is 25.6. The van der Waals surface area contributed by atoms with Crippen LogP contribution in [-0.2, 0) is 90.1 Å². The van der Waals surface area contributed by atoms with E-state index in [4.69, 9.17) is 85.3 Å². The molecule has 0 N–H and O–H groups in total.